The number of unbranched alkanes of at least 4 members (excludes halogenated alkanes) is 1. The van der Waals surface area contributed by atoms with Gasteiger partial charge in [0.05, 0.1) is 6.04 Å². The molecule has 10 N–H and O–H groups in total. The van der Waals surface area contributed by atoms with Crippen molar-refractivity contribution in [1.82, 2.24) is 16.0 Å². The zero-order valence-corrected chi connectivity index (χ0v) is 20.6. The van der Waals surface area contributed by atoms with Crippen molar-refractivity contribution in [2.24, 2.45) is 29.0 Å². The molecule has 0 heterocycles. The summed E-state index contributed by atoms with van der Waals surface area (Å²) in [5.74, 6) is -4.17. The van der Waals surface area contributed by atoms with Gasteiger partial charge in [-0.1, -0.05) is 34.1 Å². The Kier molecular flexibility index (Phi) is 14.7. The number of amides is 4. The number of hydrogen-bond donors (Lipinski definition) is 7. The lowest BCUT2D eigenvalue weighted by molar-refractivity contribution is -0.142. The molecule has 0 aliphatic rings. The molecule has 0 spiro atoms. The van der Waals surface area contributed by atoms with Crippen LogP contribution in [-0.4, -0.2) is 65.4 Å². The summed E-state index contributed by atoms with van der Waals surface area (Å²) >= 11 is 0. The fourth-order valence-corrected chi connectivity index (χ4v) is 3.09. The lowest BCUT2D eigenvalue weighted by Gasteiger charge is -2.28. The van der Waals surface area contributed by atoms with E-state index in [1.165, 1.54) is 0 Å². The summed E-state index contributed by atoms with van der Waals surface area (Å²) in [6.45, 7) is 7.62. The van der Waals surface area contributed by atoms with Crippen LogP contribution in [-0.2, 0) is 24.0 Å². The highest BCUT2D eigenvalue weighted by atomic mass is 16.4. The van der Waals surface area contributed by atoms with Crippen LogP contribution in [0.2, 0.25) is 0 Å². The summed E-state index contributed by atoms with van der Waals surface area (Å²) in [5, 5.41) is 17.1. The summed E-state index contributed by atoms with van der Waals surface area (Å²) in [5.41, 5.74) is 16.5. The highest BCUT2D eigenvalue weighted by Crippen LogP contribution is 2.11. The van der Waals surface area contributed by atoms with Crippen LogP contribution in [0.15, 0.2) is 0 Å². The van der Waals surface area contributed by atoms with Gasteiger partial charge in [-0.3, -0.25) is 19.2 Å². The van der Waals surface area contributed by atoms with Crippen LogP contribution >= 0.6 is 0 Å². The third-order valence-electron chi connectivity index (χ3n) is 5.69. The maximum Gasteiger partial charge on any atom is 0.326 e. The van der Waals surface area contributed by atoms with Crippen LogP contribution in [0.3, 0.4) is 0 Å². The number of carboxylic acid groups (broad SMARTS) is 1. The van der Waals surface area contributed by atoms with E-state index in [1.807, 2.05) is 6.92 Å². The summed E-state index contributed by atoms with van der Waals surface area (Å²) < 4.78 is 0. The molecule has 12 nitrogen and oxygen atoms in total. The number of rotatable bonds is 17. The van der Waals surface area contributed by atoms with Crippen molar-refractivity contribution >= 4 is 29.6 Å². The van der Waals surface area contributed by atoms with Crippen molar-refractivity contribution in [1.29, 1.82) is 0 Å². The number of primary amides is 1. The third kappa shape index (κ3) is 11.4. The van der Waals surface area contributed by atoms with Gasteiger partial charge in [0.2, 0.25) is 23.6 Å². The Morgan fingerprint density at radius 1 is 0.853 bits per heavy atom. The second kappa shape index (κ2) is 16.0. The van der Waals surface area contributed by atoms with Crippen molar-refractivity contribution in [3.05, 3.63) is 0 Å². The van der Waals surface area contributed by atoms with Crippen molar-refractivity contribution in [3.8, 4) is 0 Å². The highest BCUT2D eigenvalue weighted by Gasteiger charge is 2.32. The molecule has 5 unspecified atom stereocenters. The molecule has 0 bridgehead atoms. The van der Waals surface area contributed by atoms with Gasteiger partial charge in [-0.15, -0.1) is 0 Å². The van der Waals surface area contributed by atoms with E-state index in [1.54, 1.807) is 20.8 Å². The molecule has 4 amide bonds. The molecular weight excluding hydrogens is 444 g/mol. The first-order valence-electron chi connectivity index (χ1n) is 11.7. The zero-order chi connectivity index (χ0) is 26.4. The van der Waals surface area contributed by atoms with Crippen LogP contribution < -0.4 is 33.2 Å². The predicted molar refractivity (Wildman–Crippen MR) is 127 cm³/mol. The quantitative estimate of drug-likeness (QED) is 0.125. The van der Waals surface area contributed by atoms with Crippen LogP contribution in [0, 0.1) is 11.8 Å². The molecule has 0 rings (SSSR count). The molecule has 196 valence electrons. The Morgan fingerprint density at radius 2 is 1.44 bits per heavy atom. The van der Waals surface area contributed by atoms with Gasteiger partial charge in [-0.2, -0.15) is 0 Å². The highest BCUT2D eigenvalue weighted by molar-refractivity contribution is 5.94. The Hall–Kier alpha value is -2.73. The molecule has 0 aliphatic heterocycles. The molecule has 0 aromatic heterocycles. The summed E-state index contributed by atoms with van der Waals surface area (Å²) in [7, 11) is 0. The Balaban J connectivity index is 5.58. The van der Waals surface area contributed by atoms with Crippen molar-refractivity contribution in [3.63, 3.8) is 0 Å². The van der Waals surface area contributed by atoms with E-state index in [0.29, 0.717) is 25.8 Å². The number of carboxylic acids is 1. The monoisotopic (exact) mass is 486 g/mol. The number of carbonyl (C=O) groups excluding carboxylic acids is 4. The van der Waals surface area contributed by atoms with Gasteiger partial charge < -0.3 is 38.3 Å². The van der Waals surface area contributed by atoms with Crippen molar-refractivity contribution < 1.29 is 29.1 Å². The van der Waals surface area contributed by atoms with E-state index >= 15 is 0 Å². The van der Waals surface area contributed by atoms with Crippen LogP contribution in [0.1, 0.15) is 66.2 Å². The first-order chi connectivity index (χ1) is 15.8. The Morgan fingerprint density at radius 3 is 1.91 bits per heavy atom. The topological polar surface area (TPSA) is 220 Å². The van der Waals surface area contributed by atoms with Crippen LogP contribution in [0.25, 0.3) is 0 Å². The summed E-state index contributed by atoms with van der Waals surface area (Å²) in [6, 6.07) is -4.14. The van der Waals surface area contributed by atoms with Crippen molar-refractivity contribution in [2.45, 2.75) is 90.4 Å². The summed E-state index contributed by atoms with van der Waals surface area (Å²) in [6.07, 6.45) is 1.49. The van der Waals surface area contributed by atoms with Gasteiger partial charge in [-0.05, 0) is 44.1 Å². The molecule has 0 aliphatic carbocycles. The number of nitrogens with two attached hydrogens (primary N) is 3. The number of carbonyl (C=O) groups is 5. The minimum absolute atomic E-state index is 0.135. The second-order valence-electron chi connectivity index (χ2n) is 8.89. The van der Waals surface area contributed by atoms with Gasteiger partial charge in [0.25, 0.3) is 0 Å². The van der Waals surface area contributed by atoms with E-state index < -0.39 is 53.8 Å². The van der Waals surface area contributed by atoms with E-state index in [-0.39, 0.29) is 31.1 Å². The second-order valence-corrected chi connectivity index (χ2v) is 8.89. The smallest absolute Gasteiger partial charge is 0.326 e. The Bertz CT molecular complexity index is 701. The van der Waals surface area contributed by atoms with Crippen molar-refractivity contribution in [2.75, 3.05) is 6.54 Å². The minimum atomic E-state index is -1.34. The molecule has 0 aromatic rings. The fourth-order valence-electron chi connectivity index (χ4n) is 3.09. The first kappa shape index (κ1) is 31.3. The molecular formula is C22H42N6O6. The maximum atomic E-state index is 13.1. The normalized spacial score (nSPS) is 15.5. The molecule has 0 fully saturated rings. The van der Waals surface area contributed by atoms with E-state index in [0.717, 1.165) is 0 Å². The van der Waals surface area contributed by atoms with Crippen LogP contribution in [0.5, 0.6) is 0 Å². The van der Waals surface area contributed by atoms with Gasteiger partial charge in [0.15, 0.2) is 0 Å². The largest absolute Gasteiger partial charge is 0.480 e. The fraction of sp³-hybridized carbons (Fsp3) is 0.773. The van der Waals surface area contributed by atoms with Crippen LogP contribution in [0.4, 0.5) is 0 Å². The lowest BCUT2D eigenvalue weighted by atomic mass is 9.96. The maximum absolute atomic E-state index is 13.1. The molecule has 12 heteroatoms. The van der Waals surface area contributed by atoms with Gasteiger partial charge in [-0.25, -0.2) is 4.79 Å². The molecule has 0 saturated carbocycles. The van der Waals surface area contributed by atoms with Gasteiger partial charge in [0, 0.05) is 6.42 Å². The predicted octanol–water partition coefficient (Wildman–Crippen LogP) is -1.05. The number of hydrogen-bond acceptors (Lipinski definition) is 7. The number of aliphatic carboxylic acids is 1. The molecule has 34 heavy (non-hydrogen) atoms. The van der Waals surface area contributed by atoms with Gasteiger partial charge in [0.1, 0.15) is 18.1 Å². The van der Waals surface area contributed by atoms with E-state index in [4.69, 9.17) is 17.2 Å². The van der Waals surface area contributed by atoms with E-state index in [9.17, 15) is 29.1 Å². The minimum Gasteiger partial charge on any atom is -0.480 e. The lowest BCUT2D eigenvalue weighted by Crippen LogP contribution is -2.59. The zero-order valence-electron chi connectivity index (χ0n) is 20.6. The molecule has 5 atom stereocenters. The molecule has 0 saturated heterocycles. The van der Waals surface area contributed by atoms with Gasteiger partial charge >= 0.3 is 5.97 Å². The molecule has 0 radical (unpaired) electrons. The number of nitrogens with one attached hydrogen (secondary N) is 3. The van der Waals surface area contributed by atoms with E-state index in [2.05, 4.69) is 16.0 Å². The molecule has 0 aromatic carbocycles. The average molecular weight is 487 g/mol. The summed E-state index contributed by atoms with van der Waals surface area (Å²) in [4.78, 5) is 61.0. The SMILES string of the molecule is CCC(C)C(NC(=O)C(N)C(C)C)C(=O)NC(CCCCN)C(=O)NC(CCC(N)=O)C(=O)O. The standard InChI is InChI=1S/C22H42N6O6/c1-5-13(4)18(28-20(31)17(25)12(2)3)21(32)26-14(8-6-7-11-23)19(30)27-15(22(33)34)9-10-16(24)29/h12-15,17-18H,5-11,23,25H2,1-4H3,(H2,24,29)(H,26,32)(H,27,30)(H,28,31)(H,33,34). The Labute approximate surface area is 201 Å². The first-order valence-corrected chi connectivity index (χ1v) is 11.7. The third-order valence-corrected chi connectivity index (χ3v) is 5.69. The average Bonchev–Trinajstić information content (AvgIpc) is 2.77.